The van der Waals surface area contributed by atoms with E-state index >= 15 is 0 Å². The van der Waals surface area contributed by atoms with Crippen molar-refractivity contribution in [2.45, 2.75) is 84.0 Å². The Morgan fingerprint density at radius 3 is 2.45 bits per heavy atom. The summed E-state index contributed by atoms with van der Waals surface area (Å²) in [7, 11) is 0. The van der Waals surface area contributed by atoms with Crippen LogP contribution in [0.3, 0.4) is 0 Å². The van der Waals surface area contributed by atoms with E-state index in [9.17, 15) is 33.2 Å². The van der Waals surface area contributed by atoms with Crippen LogP contribution in [0.4, 0.5) is 14.5 Å². The number of para-hydroxylation sites is 2. The van der Waals surface area contributed by atoms with Crippen LogP contribution < -0.4 is 20.7 Å². The van der Waals surface area contributed by atoms with Gasteiger partial charge in [0.05, 0.1) is 11.8 Å². The minimum Gasteiger partial charge on any atom is -0.478 e. The molecular formula is C30H37F2N5O5. The summed E-state index contributed by atoms with van der Waals surface area (Å²) in [5.74, 6) is -5.43. The molecule has 12 heteroatoms. The van der Waals surface area contributed by atoms with Gasteiger partial charge in [0, 0.05) is 31.7 Å². The van der Waals surface area contributed by atoms with Crippen LogP contribution in [0.15, 0.2) is 24.3 Å². The molecule has 1 aromatic rings. The number of piperidine rings is 1. The van der Waals surface area contributed by atoms with Crippen LogP contribution in [-0.2, 0) is 19.2 Å². The molecule has 1 saturated heterocycles. The second-order valence-corrected chi connectivity index (χ2v) is 13.7. The van der Waals surface area contributed by atoms with Crippen molar-refractivity contribution >= 4 is 29.3 Å². The summed E-state index contributed by atoms with van der Waals surface area (Å²) >= 11 is 0. The lowest BCUT2D eigenvalue weighted by Gasteiger charge is -2.40. The molecule has 2 saturated carbocycles. The molecule has 2 heterocycles. The number of nitriles is 1. The maximum atomic E-state index is 14.0. The zero-order valence-corrected chi connectivity index (χ0v) is 24.4. The Hall–Kier alpha value is -3.75. The molecule has 4 amide bonds. The maximum absolute atomic E-state index is 14.0. The maximum Gasteiger partial charge on any atom is 0.265 e. The van der Waals surface area contributed by atoms with Gasteiger partial charge in [-0.15, -0.1) is 0 Å². The molecule has 2 aliphatic carbocycles. The summed E-state index contributed by atoms with van der Waals surface area (Å²) in [6.45, 7) is 9.62. The van der Waals surface area contributed by atoms with Crippen molar-refractivity contribution in [3.63, 3.8) is 0 Å². The minimum absolute atomic E-state index is 0.0448. The van der Waals surface area contributed by atoms with Crippen LogP contribution in [0, 0.1) is 39.9 Å². The molecule has 3 N–H and O–H groups in total. The molecule has 2 aliphatic heterocycles. The standard InChI is InChI=1S/C30H37F2N5O5/c1-28(2,3)23(36-24(38)15-11-30(31,32)12-15)27(41)37-14-17-21(29(17,4)5)22(37)26(40)34-16(13-33)10-20-25(39)35-18-8-6-7-9-19(18)42-20/h6-9,15-17,20-23H,10-12,14H2,1-5H3,(H,34,40)(H,35,39)(H,36,38)/t16?,17-,20?,21-,22-,23?/m0/s1. The van der Waals surface area contributed by atoms with Crippen LogP contribution in [-0.4, -0.2) is 65.2 Å². The van der Waals surface area contributed by atoms with Crippen LogP contribution >= 0.6 is 0 Å². The lowest BCUT2D eigenvalue weighted by Crippen LogP contribution is -2.61. The van der Waals surface area contributed by atoms with E-state index in [1.165, 1.54) is 4.90 Å². The van der Waals surface area contributed by atoms with Crippen LogP contribution in [0.2, 0.25) is 0 Å². The van der Waals surface area contributed by atoms with Gasteiger partial charge in [0.2, 0.25) is 23.6 Å². The molecule has 10 nitrogen and oxygen atoms in total. The van der Waals surface area contributed by atoms with Gasteiger partial charge in [0.15, 0.2) is 6.10 Å². The van der Waals surface area contributed by atoms with Crippen molar-refractivity contribution in [2.75, 3.05) is 11.9 Å². The smallest absolute Gasteiger partial charge is 0.265 e. The molecule has 3 fully saturated rings. The molecule has 0 bridgehead atoms. The number of benzene rings is 1. The van der Waals surface area contributed by atoms with Gasteiger partial charge in [-0.05, 0) is 34.8 Å². The average molecular weight is 586 g/mol. The van der Waals surface area contributed by atoms with Gasteiger partial charge in [-0.3, -0.25) is 19.2 Å². The first-order valence-corrected chi connectivity index (χ1v) is 14.3. The third kappa shape index (κ3) is 5.41. The van der Waals surface area contributed by atoms with Crippen molar-refractivity contribution < 1.29 is 32.7 Å². The Morgan fingerprint density at radius 1 is 1.17 bits per heavy atom. The quantitative estimate of drug-likeness (QED) is 0.450. The third-order valence-electron chi connectivity index (χ3n) is 9.25. The topological polar surface area (TPSA) is 141 Å². The number of rotatable bonds is 7. The van der Waals surface area contributed by atoms with Gasteiger partial charge >= 0.3 is 0 Å². The highest BCUT2D eigenvalue weighted by atomic mass is 19.3. The van der Waals surface area contributed by atoms with Gasteiger partial charge in [-0.1, -0.05) is 46.8 Å². The molecule has 0 aromatic heterocycles. The second-order valence-electron chi connectivity index (χ2n) is 13.7. The Labute approximate surface area is 243 Å². The van der Waals surface area contributed by atoms with Gasteiger partial charge in [-0.25, -0.2) is 8.78 Å². The predicted molar refractivity (Wildman–Crippen MR) is 147 cm³/mol. The number of carbonyl (C=O) groups is 4. The number of hydrogen-bond donors (Lipinski definition) is 3. The third-order valence-corrected chi connectivity index (χ3v) is 9.25. The fraction of sp³-hybridized carbons (Fsp3) is 0.633. The van der Waals surface area contributed by atoms with Crippen molar-refractivity contribution in [3.05, 3.63) is 24.3 Å². The molecule has 0 spiro atoms. The number of ether oxygens (including phenoxy) is 1. The molecular weight excluding hydrogens is 548 g/mol. The molecule has 3 unspecified atom stereocenters. The Morgan fingerprint density at radius 2 is 1.83 bits per heavy atom. The van der Waals surface area contributed by atoms with E-state index in [1.54, 1.807) is 45.0 Å². The summed E-state index contributed by atoms with van der Waals surface area (Å²) < 4.78 is 32.6. The number of nitrogens with one attached hydrogen (secondary N) is 3. The highest BCUT2D eigenvalue weighted by Gasteiger charge is 2.70. The van der Waals surface area contributed by atoms with E-state index in [-0.39, 0.29) is 23.7 Å². The van der Waals surface area contributed by atoms with Gasteiger partial charge in [0.25, 0.3) is 5.91 Å². The number of alkyl halides is 2. The van der Waals surface area contributed by atoms with E-state index in [0.29, 0.717) is 18.0 Å². The SMILES string of the molecule is CC(C)(C)C(NC(=O)C1CC(F)(F)C1)C(=O)N1C[C@H]2[C@@H]([C@H]1C(=O)NC(C#N)CC1Oc3ccccc3NC1=O)C2(C)C. The second kappa shape index (κ2) is 10.2. The van der Waals surface area contributed by atoms with Crippen molar-refractivity contribution in [1.82, 2.24) is 15.5 Å². The summed E-state index contributed by atoms with van der Waals surface area (Å²) in [5, 5.41) is 18.0. The number of anilines is 1. The number of amides is 4. The summed E-state index contributed by atoms with van der Waals surface area (Å²) in [6, 6.07) is 5.92. The number of likely N-dealkylation sites (tertiary alicyclic amines) is 1. The summed E-state index contributed by atoms with van der Waals surface area (Å²) in [4.78, 5) is 54.5. The highest BCUT2D eigenvalue weighted by molar-refractivity contribution is 5.98. The Kier molecular flexibility index (Phi) is 7.23. The van der Waals surface area contributed by atoms with Crippen LogP contribution in [0.1, 0.15) is 53.9 Å². The van der Waals surface area contributed by atoms with Gasteiger partial charge < -0.3 is 25.6 Å². The first kappa shape index (κ1) is 29.7. The van der Waals surface area contributed by atoms with E-state index in [4.69, 9.17) is 4.74 Å². The summed E-state index contributed by atoms with van der Waals surface area (Å²) in [6.07, 6.45) is -2.22. The zero-order chi connectivity index (χ0) is 30.8. The van der Waals surface area contributed by atoms with E-state index in [0.717, 1.165) is 0 Å². The number of carbonyl (C=O) groups excluding carboxylic acids is 4. The number of fused-ring (bicyclic) bond motifs is 2. The Balaban J connectivity index is 1.30. The monoisotopic (exact) mass is 585 g/mol. The van der Waals surface area contributed by atoms with E-state index in [1.807, 2.05) is 19.9 Å². The molecule has 6 atom stereocenters. The van der Waals surface area contributed by atoms with Crippen molar-refractivity contribution in [1.29, 1.82) is 5.26 Å². The van der Waals surface area contributed by atoms with E-state index < -0.39 is 78.0 Å². The number of nitrogens with zero attached hydrogens (tertiary/aromatic N) is 2. The highest BCUT2D eigenvalue weighted by Crippen LogP contribution is 2.65. The largest absolute Gasteiger partial charge is 0.478 e. The molecule has 0 radical (unpaired) electrons. The van der Waals surface area contributed by atoms with Gasteiger partial charge in [0.1, 0.15) is 23.9 Å². The molecule has 42 heavy (non-hydrogen) atoms. The molecule has 1 aromatic carbocycles. The fourth-order valence-corrected chi connectivity index (χ4v) is 6.60. The summed E-state index contributed by atoms with van der Waals surface area (Å²) in [5.41, 5.74) is -0.459. The predicted octanol–water partition coefficient (Wildman–Crippen LogP) is 2.84. The van der Waals surface area contributed by atoms with Crippen molar-refractivity contribution in [3.8, 4) is 11.8 Å². The van der Waals surface area contributed by atoms with Gasteiger partial charge in [-0.2, -0.15) is 5.26 Å². The fourth-order valence-electron chi connectivity index (χ4n) is 6.60. The average Bonchev–Trinajstić information content (AvgIpc) is 3.21. The molecule has 226 valence electrons. The zero-order valence-electron chi connectivity index (χ0n) is 24.4. The number of hydrogen-bond acceptors (Lipinski definition) is 6. The van der Waals surface area contributed by atoms with Crippen LogP contribution in [0.5, 0.6) is 5.75 Å². The first-order valence-electron chi connectivity index (χ1n) is 14.3. The lowest BCUT2D eigenvalue weighted by molar-refractivity contribution is -0.155. The minimum atomic E-state index is -2.88. The normalized spacial score (nSPS) is 28.4. The first-order chi connectivity index (χ1) is 19.5. The van der Waals surface area contributed by atoms with Crippen LogP contribution in [0.25, 0.3) is 0 Å². The molecule has 5 rings (SSSR count). The van der Waals surface area contributed by atoms with E-state index in [2.05, 4.69) is 16.0 Å². The number of halogens is 2. The Bertz CT molecular complexity index is 1340. The molecule has 4 aliphatic rings. The van der Waals surface area contributed by atoms with Crippen molar-refractivity contribution in [2.24, 2.45) is 28.6 Å². The lowest BCUT2D eigenvalue weighted by atomic mass is 9.79.